The number of hydrogen-bond donors (Lipinski definition) is 1. The molecule has 0 aliphatic carbocycles. The Bertz CT molecular complexity index is 724. The minimum atomic E-state index is -3.56. The maximum absolute atomic E-state index is 12.6. The Kier molecular flexibility index (Phi) is 4.40. The van der Waals surface area contributed by atoms with E-state index >= 15 is 0 Å². The van der Waals surface area contributed by atoms with Gasteiger partial charge in [0.25, 0.3) is 0 Å². The number of nitrogens with zero attached hydrogens (tertiary/aromatic N) is 2. The van der Waals surface area contributed by atoms with Gasteiger partial charge in [-0.3, -0.25) is 0 Å². The highest BCUT2D eigenvalue weighted by molar-refractivity contribution is 7.91. The topological polar surface area (TPSA) is 62.3 Å². The highest BCUT2D eigenvalue weighted by Gasteiger charge is 2.20. The molecule has 0 unspecified atom stereocenters. The van der Waals surface area contributed by atoms with Crippen LogP contribution < -0.4 is 10.2 Å². The van der Waals surface area contributed by atoms with E-state index in [1.807, 2.05) is 6.07 Å². The van der Waals surface area contributed by atoms with Crippen molar-refractivity contribution in [3.8, 4) is 0 Å². The van der Waals surface area contributed by atoms with Crippen LogP contribution in [0.3, 0.4) is 0 Å². The van der Waals surface area contributed by atoms with Crippen LogP contribution in [0.4, 0.5) is 5.69 Å². The highest BCUT2D eigenvalue weighted by Crippen LogP contribution is 2.24. The molecule has 22 heavy (non-hydrogen) atoms. The number of nitrogens with one attached hydrogen (secondary N) is 1. The number of benzene rings is 1. The van der Waals surface area contributed by atoms with Gasteiger partial charge in [-0.25, -0.2) is 13.4 Å². The van der Waals surface area contributed by atoms with E-state index in [1.54, 1.807) is 30.3 Å². The molecule has 1 aromatic heterocycles. The molecular weight excluding hydrogens is 298 g/mol. The van der Waals surface area contributed by atoms with Crippen LogP contribution in [0.15, 0.2) is 58.6 Å². The zero-order valence-electron chi connectivity index (χ0n) is 12.3. The summed E-state index contributed by atoms with van der Waals surface area (Å²) in [6.45, 7) is 3.73. The Labute approximate surface area is 130 Å². The fraction of sp³-hybridized carbons (Fsp3) is 0.312. The van der Waals surface area contributed by atoms with Crippen LogP contribution in [-0.4, -0.2) is 39.6 Å². The summed E-state index contributed by atoms with van der Waals surface area (Å²) in [6, 6.07) is 12.0. The second-order valence-electron chi connectivity index (χ2n) is 5.26. The van der Waals surface area contributed by atoms with Gasteiger partial charge in [-0.15, -0.1) is 0 Å². The fourth-order valence-electron chi connectivity index (χ4n) is 2.58. The monoisotopic (exact) mass is 317 g/mol. The lowest BCUT2D eigenvalue weighted by atomic mass is 10.2. The van der Waals surface area contributed by atoms with Crippen molar-refractivity contribution in [2.45, 2.75) is 16.3 Å². The first kappa shape index (κ1) is 15.0. The summed E-state index contributed by atoms with van der Waals surface area (Å²) in [5, 5.41) is 3.44. The van der Waals surface area contributed by atoms with E-state index in [4.69, 9.17) is 0 Å². The Morgan fingerprint density at radius 1 is 1.05 bits per heavy atom. The van der Waals surface area contributed by atoms with Gasteiger partial charge < -0.3 is 10.2 Å². The molecule has 3 rings (SSSR count). The predicted octanol–water partition coefficient (Wildman–Crippen LogP) is 1.71. The van der Waals surface area contributed by atoms with E-state index in [0.717, 1.165) is 38.3 Å². The number of sulfone groups is 1. The summed E-state index contributed by atoms with van der Waals surface area (Å²) in [5.74, 6) is 0. The van der Waals surface area contributed by atoms with Crippen LogP contribution in [-0.2, 0) is 9.84 Å². The molecule has 1 aliphatic heterocycles. The molecular formula is C16H19N3O2S. The van der Waals surface area contributed by atoms with Crippen molar-refractivity contribution < 1.29 is 8.42 Å². The maximum atomic E-state index is 12.6. The van der Waals surface area contributed by atoms with Crippen LogP contribution in [0.2, 0.25) is 0 Å². The number of rotatable bonds is 3. The lowest BCUT2D eigenvalue weighted by Gasteiger charge is -2.22. The minimum absolute atomic E-state index is 0.0877. The number of aromatic nitrogens is 1. The van der Waals surface area contributed by atoms with Gasteiger partial charge in [0.05, 0.1) is 4.90 Å². The second-order valence-corrected chi connectivity index (χ2v) is 7.16. The summed E-state index contributed by atoms with van der Waals surface area (Å²) in [6.07, 6.45) is 2.55. The molecule has 0 radical (unpaired) electrons. The van der Waals surface area contributed by atoms with Gasteiger partial charge in [0, 0.05) is 31.5 Å². The number of anilines is 1. The zero-order valence-corrected chi connectivity index (χ0v) is 13.1. The summed E-state index contributed by atoms with van der Waals surface area (Å²) < 4.78 is 25.3. The number of pyridine rings is 1. The molecule has 6 heteroatoms. The van der Waals surface area contributed by atoms with E-state index in [9.17, 15) is 8.42 Å². The van der Waals surface area contributed by atoms with E-state index in [2.05, 4.69) is 15.2 Å². The predicted molar refractivity (Wildman–Crippen MR) is 85.8 cm³/mol. The first-order chi connectivity index (χ1) is 10.7. The van der Waals surface area contributed by atoms with Crippen molar-refractivity contribution in [3.63, 3.8) is 0 Å². The van der Waals surface area contributed by atoms with Crippen LogP contribution >= 0.6 is 0 Å². The lowest BCUT2D eigenvalue weighted by Crippen LogP contribution is -2.27. The number of hydrogen-bond acceptors (Lipinski definition) is 5. The Morgan fingerprint density at radius 3 is 2.77 bits per heavy atom. The maximum Gasteiger partial charge on any atom is 0.223 e. The minimum Gasteiger partial charge on any atom is -0.370 e. The molecule has 0 bridgehead atoms. The standard InChI is InChI=1S/C16H19N3O2S/c20-22(21,16-7-1-2-9-18-16)15-6-3-5-14(13-15)19-11-4-8-17-10-12-19/h1-3,5-7,9,13,17H,4,8,10-12H2. The average molecular weight is 317 g/mol. The van der Waals surface area contributed by atoms with Crippen molar-refractivity contribution in [3.05, 3.63) is 48.7 Å². The van der Waals surface area contributed by atoms with Gasteiger partial charge in [0.2, 0.25) is 9.84 Å². The third-order valence-corrected chi connectivity index (χ3v) is 5.41. The zero-order chi connectivity index (χ0) is 15.4. The van der Waals surface area contributed by atoms with Gasteiger partial charge in [0.15, 0.2) is 5.03 Å². The van der Waals surface area contributed by atoms with Crippen molar-refractivity contribution in [2.24, 2.45) is 0 Å². The van der Waals surface area contributed by atoms with Gasteiger partial charge in [0.1, 0.15) is 0 Å². The van der Waals surface area contributed by atoms with E-state index < -0.39 is 9.84 Å². The molecule has 0 saturated carbocycles. The van der Waals surface area contributed by atoms with Crippen LogP contribution in [0, 0.1) is 0 Å². The Balaban J connectivity index is 1.94. The SMILES string of the molecule is O=S(=O)(c1cccc(N2CCCNCC2)c1)c1ccccn1. The lowest BCUT2D eigenvalue weighted by molar-refractivity contribution is 0.592. The fourth-order valence-corrected chi connectivity index (χ4v) is 3.81. The molecule has 1 fully saturated rings. The molecule has 1 N–H and O–H groups in total. The first-order valence-electron chi connectivity index (χ1n) is 7.40. The van der Waals surface area contributed by atoms with E-state index in [1.165, 1.54) is 12.3 Å². The van der Waals surface area contributed by atoms with Crippen molar-refractivity contribution >= 4 is 15.5 Å². The van der Waals surface area contributed by atoms with Crippen LogP contribution in [0.1, 0.15) is 6.42 Å². The molecule has 5 nitrogen and oxygen atoms in total. The normalized spacial score (nSPS) is 16.3. The van der Waals surface area contributed by atoms with Gasteiger partial charge in [-0.05, 0) is 43.3 Å². The third-order valence-electron chi connectivity index (χ3n) is 3.75. The average Bonchev–Trinajstić information content (AvgIpc) is 2.85. The summed E-state index contributed by atoms with van der Waals surface area (Å²) in [4.78, 5) is 6.48. The van der Waals surface area contributed by atoms with Gasteiger partial charge in [-0.2, -0.15) is 0 Å². The summed E-state index contributed by atoms with van der Waals surface area (Å²) in [7, 11) is -3.56. The summed E-state index contributed by atoms with van der Waals surface area (Å²) >= 11 is 0. The quantitative estimate of drug-likeness (QED) is 0.934. The Morgan fingerprint density at radius 2 is 1.95 bits per heavy atom. The van der Waals surface area contributed by atoms with Gasteiger partial charge in [-0.1, -0.05) is 12.1 Å². The van der Waals surface area contributed by atoms with Crippen molar-refractivity contribution in [1.82, 2.24) is 10.3 Å². The molecule has 1 saturated heterocycles. The Hall–Kier alpha value is -1.92. The van der Waals surface area contributed by atoms with Crippen LogP contribution in [0.5, 0.6) is 0 Å². The smallest absolute Gasteiger partial charge is 0.223 e. The largest absolute Gasteiger partial charge is 0.370 e. The molecule has 116 valence electrons. The molecule has 1 aliphatic rings. The van der Waals surface area contributed by atoms with E-state index in [-0.39, 0.29) is 5.03 Å². The second kappa shape index (κ2) is 6.46. The van der Waals surface area contributed by atoms with Crippen molar-refractivity contribution in [1.29, 1.82) is 0 Å². The van der Waals surface area contributed by atoms with Crippen LogP contribution in [0.25, 0.3) is 0 Å². The summed E-state index contributed by atoms with van der Waals surface area (Å²) in [5.41, 5.74) is 0.945. The van der Waals surface area contributed by atoms with E-state index in [0.29, 0.717) is 4.90 Å². The molecule has 0 amide bonds. The third kappa shape index (κ3) is 3.13. The van der Waals surface area contributed by atoms with Gasteiger partial charge >= 0.3 is 0 Å². The molecule has 0 spiro atoms. The first-order valence-corrected chi connectivity index (χ1v) is 8.88. The molecule has 1 aromatic carbocycles. The molecule has 2 aromatic rings. The molecule has 0 atom stereocenters. The van der Waals surface area contributed by atoms with Crippen molar-refractivity contribution in [2.75, 3.05) is 31.1 Å². The molecule has 2 heterocycles. The highest BCUT2D eigenvalue weighted by atomic mass is 32.2.